The Hall–Kier alpha value is -7.50. The van der Waals surface area contributed by atoms with E-state index in [1.807, 2.05) is 0 Å². The van der Waals surface area contributed by atoms with Crippen LogP contribution in [0.5, 0.6) is 34.5 Å². The maximum absolute atomic E-state index is 11.9. The second-order valence-electron chi connectivity index (χ2n) is 10.1. The van der Waals surface area contributed by atoms with E-state index in [1.165, 1.54) is 48.5 Å². The fraction of sp³-hybridized carbons (Fsp3) is 0.0323. The second kappa shape index (κ2) is 11.4. The van der Waals surface area contributed by atoms with Crippen LogP contribution < -0.4 is 28.4 Å². The largest absolute Gasteiger partial charge is 0.511 e. The molecule has 0 fully saturated rings. The Morgan fingerprint density at radius 1 is 0.388 bits per heavy atom. The highest BCUT2D eigenvalue weighted by Crippen LogP contribution is 2.67. The average molecular weight is 676 g/mol. The summed E-state index contributed by atoms with van der Waals surface area (Å²) in [6.45, 7) is 0. The van der Waals surface area contributed by atoms with Gasteiger partial charge < -0.3 is 59.1 Å². The topological polar surface area (TPSA) is 279 Å². The molecule has 0 unspecified atom stereocenters. The second-order valence-corrected chi connectivity index (χ2v) is 10.1. The van der Waals surface area contributed by atoms with Crippen molar-refractivity contribution in [1.29, 1.82) is 0 Å². The van der Waals surface area contributed by atoms with E-state index in [1.54, 1.807) is 0 Å². The predicted molar refractivity (Wildman–Crippen MR) is 155 cm³/mol. The summed E-state index contributed by atoms with van der Waals surface area (Å²) in [5.41, 5.74) is -1.67. The fourth-order valence-corrected chi connectivity index (χ4v) is 6.30. The molecule has 18 heteroatoms. The first-order valence-electron chi connectivity index (χ1n) is 13.3. The summed E-state index contributed by atoms with van der Waals surface area (Å²) >= 11 is 0. The van der Waals surface area contributed by atoms with E-state index >= 15 is 0 Å². The zero-order valence-corrected chi connectivity index (χ0v) is 23.9. The van der Waals surface area contributed by atoms with Gasteiger partial charge in [0.05, 0.1) is 5.41 Å². The van der Waals surface area contributed by atoms with Gasteiger partial charge >= 0.3 is 36.9 Å². The fourth-order valence-electron chi connectivity index (χ4n) is 6.30. The number of benzene rings is 4. The van der Waals surface area contributed by atoms with Gasteiger partial charge in [-0.1, -0.05) is 12.1 Å². The predicted octanol–water partition coefficient (Wildman–Crippen LogP) is 6.37. The molecule has 49 heavy (non-hydrogen) atoms. The SMILES string of the molecule is O=C(O)Oc1ccc2c(c1)C1(c3cc(OC(=O)O)ccc3-c3c(OC(=O)O)cc(OC(=O)O)cc31)c1cc(OC(=O)O)cc(OC(=O)O)c1-2. The van der Waals surface area contributed by atoms with Crippen molar-refractivity contribution < 1.29 is 87.8 Å². The Morgan fingerprint density at radius 3 is 1.02 bits per heavy atom. The third-order valence-corrected chi connectivity index (χ3v) is 7.50. The molecular weight excluding hydrogens is 660 g/mol. The van der Waals surface area contributed by atoms with Crippen LogP contribution in [0.4, 0.5) is 28.8 Å². The molecule has 6 N–H and O–H groups in total. The maximum Gasteiger partial charge on any atom is 0.511 e. The molecule has 0 amide bonds. The number of carboxylic acid groups (broad SMARTS) is 6. The van der Waals surface area contributed by atoms with Crippen molar-refractivity contribution >= 4 is 36.9 Å². The van der Waals surface area contributed by atoms with E-state index in [0.29, 0.717) is 0 Å². The Bertz CT molecular complexity index is 2010. The Kier molecular flexibility index (Phi) is 7.31. The molecule has 1 spiro atoms. The molecule has 0 saturated heterocycles. The summed E-state index contributed by atoms with van der Waals surface area (Å²) in [4.78, 5) is 70.2. The Morgan fingerprint density at radius 2 is 0.694 bits per heavy atom. The Balaban J connectivity index is 1.85. The van der Waals surface area contributed by atoms with Gasteiger partial charge in [0.2, 0.25) is 0 Å². The smallest absolute Gasteiger partial charge is 0.449 e. The summed E-state index contributed by atoms with van der Waals surface area (Å²) in [5.74, 6) is -2.48. The van der Waals surface area contributed by atoms with Crippen molar-refractivity contribution in [1.82, 2.24) is 0 Å². The highest BCUT2D eigenvalue weighted by molar-refractivity contribution is 6.00. The summed E-state index contributed by atoms with van der Waals surface area (Å²) in [6.07, 6.45) is -10.8. The van der Waals surface area contributed by atoms with E-state index in [0.717, 1.165) is 12.1 Å². The van der Waals surface area contributed by atoms with Crippen LogP contribution in [-0.4, -0.2) is 67.6 Å². The van der Waals surface area contributed by atoms with Crippen molar-refractivity contribution in [3.05, 3.63) is 82.9 Å². The lowest BCUT2D eigenvalue weighted by molar-refractivity contribution is 0.140. The molecule has 2 aliphatic rings. The molecule has 0 bridgehead atoms. The first-order chi connectivity index (χ1) is 23.2. The summed E-state index contributed by atoms with van der Waals surface area (Å²) in [7, 11) is 0. The molecule has 248 valence electrons. The van der Waals surface area contributed by atoms with Crippen molar-refractivity contribution in [3.63, 3.8) is 0 Å². The molecule has 0 heterocycles. The van der Waals surface area contributed by atoms with Crippen molar-refractivity contribution in [2.45, 2.75) is 5.41 Å². The van der Waals surface area contributed by atoms with Gasteiger partial charge in [-0.3, -0.25) is 0 Å². The van der Waals surface area contributed by atoms with Crippen LogP contribution in [-0.2, 0) is 5.41 Å². The van der Waals surface area contributed by atoms with E-state index in [4.69, 9.17) is 28.4 Å². The molecule has 6 rings (SSSR count). The molecular formula is C31H16O18. The number of hydrogen-bond donors (Lipinski definition) is 6. The van der Waals surface area contributed by atoms with Crippen LogP contribution in [0.3, 0.4) is 0 Å². The standard InChI is InChI=1S/C31H16O18/c32-25(33)44-11-1-3-15-17(5-11)31(19-7-13(46-27(36)37)9-21(23(15)19)48-29(40)41)18-6-12(45-26(34)35)2-4-16(18)24-20(31)8-14(47-28(38)39)10-22(24)49-30(42)43/h1-10H,(H,32,33)(H,34,35)(H,36,37)(H,38,39)(H,40,41)(H,42,43). The first-order valence-corrected chi connectivity index (χ1v) is 13.3. The highest BCUT2D eigenvalue weighted by Gasteiger charge is 2.55. The molecule has 4 aromatic carbocycles. The van der Waals surface area contributed by atoms with Crippen LogP contribution in [0.15, 0.2) is 60.7 Å². The lowest BCUT2D eigenvalue weighted by Crippen LogP contribution is -2.26. The number of ether oxygens (including phenoxy) is 6. The average Bonchev–Trinajstić information content (AvgIpc) is 3.42. The molecule has 18 nitrogen and oxygen atoms in total. The first kappa shape index (κ1) is 31.5. The van der Waals surface area contributed by atoms with Gasteiger partial charge in [-0.25, -0.2) is 28.8 Å². The zero-order valence-electron chi connectivity index (χ0n) is 23.9. The van der Waals surface area contributed by atoms with E-state index in [9.17, 15) is 59.4 Å². The van der Waals surface area contributed by atoms with Crippen molar-refractivity contribution in [2.24, 2.45) is 0 Å². The van der Waals surface area contributed by atoms with E-state index in [-0.39, 0.29) is 56.0 Å². The monoisotopic (exact) mass is 676 g/mol. The van der Waals surface area contributed by atoms with Gasteiger partial charge in [0.15, 0.2) is 0 Å². The third-order valence-electron chi connectivity index (χ3n) is 7.50. The van der Waals surface area contributed by atoms with Crippen LogP contribution in [0.2, 0.25) is 0 Å². The van der Waals surface area contributed by atoms with Crippen LogP contribution >= 0.6 is 0 Å². The molecule has 2 aliphatic carbocycles. The van der Waals surface area contributed by atoms with Crippen LogP contribution in [0.25, 0.3) is 22.3 Å². The van der Waals surface area contributed by atoms with Gasteiger partial charge in [-0.15, -0.1) is 0 Å². The third kappa shape index (κ3) is 5.29. The molecule has 0 atom stereocenters. The Labute approximate surface area is 270 Å². The minimum absolute atomic E-state index is 0.0226. The van der Waals surface area contributed by atoms with Crippen LogP contribution in [0.1, 0.15) is 22.3 Å². The van der Waals surface area contributed by atoms with Gasteiger partial charge in [-0.2, -0.15) is 0 Å². The minimum atomic E-state index is -1.95. The van der Waals surface area contributed by atoms with E-state index < -0.39 is 65.3 Å². The van der Waals surface area contributed by atoms with E-state index in [2.05, 4.69) is 0 Å². The summed E-state index contributed by atoms with van der Waals surface area (Å²) < 4.78 is 29.7. The van der Waals surface area contributed by atoms with Gasteiger partial charge in [0.25, 0.3) is 0 Å². The van der Waals surface area contributed by atoms with Gasteiger partial charge in [0, 0.05) is 23.3 Å². The van der Waals surface area contributed by atoms with Crippen LogP contribution in [0, 0.1) is 0 Å². The van der Waals surface area contributed by atoms with Gasteiger partial charge in [-0.05, 0) is 69.8 Å². The lowest BCUT2D eigenvalue weighted by atomic mass is 9.70. The number of rotatable bonds is 6. The summed E-state index contributed by atoms with van der Waals surface area (Å²) in [5, 5.41) is 56.9. The van der Waals surface area contributed by atoms with Crippen molar-refractivity contribution in [3.8, 4) is 56.8 Å². The lowest BCUT2D eigenvalue weighted by Gasteiger charge is -2.31. The van der Waals surface area contributed by atoms with Gasteiger partial charge in [0.1, 0.15) is 34.5 Å². The number of hydrogen-bond acceptors (Lipinski definition) is 12. The summed E-state index contributed by atoms with van der Waals surface area (Å²) in [6, 6.07) is 11.8. The number of fused-ring (bicyclic) bond motifs is 10. The molecule has 0 aromatic heterocycles. The normalized spacial score (nSPS) is 12.4. The van der Waals surface area contributed by atoms with Crippen molar-refractivity contribution in [2.75, 3.05) is 0 Å². The minimum Gasteiger partial charge on any atom is -0.449 e. The highest BCUT2D eigenvalue weighted by atomic mass is 16.7. The quantitative estimate of drug-likeness (QED) is 0.0825. The molecule has 0 radical (unpaired) electrons. The molecule has 0 saturated carbocycles. The zero-order chi connectivity index (χ0) is 35.4. The number of carbonyl (C=O) groups is 6. The molecule has 4 aromatic rings. The molecule has 0 aliphatic heterocycles. The maximum atomic E-state index is 11.9.